The van der Waals surface area contributed by atoms with Crippen molar-refractivity contribution in [1.29, 1.82) is 0 Å². The first-order valence-corrected chi connectivity index (χ1v) is 10.8. The molecule has 0 bridgehead atoms. The molecule has 0 unspecified atom stereocenters. The molecule has 25 heavy (non-hydrogen) atoms. The molecule has 0 atom stereocenters. The number of carbonyl (C=O) groups is 1. The standard InChI is InChI=1S/C17H16I2O5S/c1-9(2)12-8-15(10(3)6-16(12)25(21,22)23)24-17(20)13-7-11(18)4-5-14(13)19/h4-9H,1-3H3,(H,21,22,23)/p-1. The molecule has 0 N–H and O–H groups in total. The first kappa shape index (κ1) is 20.6. The normalized spacial score (nSPS) is 11.6. The van der Waals surface area contributed by atoms with Gasteiger partial charge >= 0.3 is 5.97 Å². The van der Waals surface area contributed by atoms with E-state index < -0.39 is 16.1 Å². The monoisotopic (exact) mass is 585 g/mol. The van der Waals surface area contributed by atoms with Crippen LogP contribution in [0.25, 0.3) is 0 Å². The van der Waals surface area contributed by atoms with Gasteiger partial charge in [0.1, 0.15) is 15.9 Å². The number of rotatable bonds is 4. The Hall–Kier alpha value is -0.720. The molecule has 2 rings (SSSR count). The highest BCUT2D eigenvalue weighted by atomic mass is 127. The molecular formula is C17H15I2O5S-. The second-order valence-corrected chi connectivity index (χ2v) is 9.53. The van der Waals surface area contributed by atoms with Crippen LogP contribution in [0.3, 0.4) is 0 Å². The molecule has 8 heteroatoms. The van der Waals surface area contributed by atoms with Crippen LogP contribution >= 0.6 is 45.2 Å². The van der Waals surface area contributed by atoms with Crippen molar-refractivity contribution in [1.82, 2.24) is 0 Å². The summed E-state index contributed by atoms with van der Waals surface area (Å²) in [5, 5.41) is 0. The van der Waals surface area contributed by atoms with Gasteiger partial charge in [0.2, 0.25) is 0 Å². The summed E-state index contributed by atoms with van der Waals surface area (Å²) in [7, 11) is -4.60. The molecule has 0 fully saturated rings. The number of ether oxygens (including phenoxy) is 1. The molecule has 134 valence electrons. The summed E-state index contributed by atoms with van der Waals surface area (Å²) >= 11 is 4.16. The summed E-state index contributed by atoms with van der Waals surface area (Å²) < 4.78 is 41.6. The second kappa shape index (κ2) is 7.89. The van der Waals surface area contributed by atoms with Gasteiger partial charge in [0.15, 0.2) is 0 Å². The van der Waals surface area contributed by atoms with Gasteiger partial charge in [-0.1, -0.05) is 13.8 Å². The highest BCUT2D eigenvalue weighted by molar-refractivity contribution is 14.1. The Bertz CT molecular complexity index is 936. The molecule has 0 aliphatic rings. The van der Waals surface area contributed by atoms with Crippen LogP contribution < -0.4 is 4.74 Å². The van der Waals surface area contributed by atoms with Gasteiger partial charge in [-0.3, -0.25) is 0 Å². The molecule has 0 amide bonds. The number of esters is 1. The minimum atomic E-state index is -4.60. The minimum Gasteiger partial charge on any atom is -0.744 e. The van der Waals surface area contributed by atoms with Gasteiger partial charge in [0.25, 0.3) is 0 Å². The fourth-order valence-electron chi connectivity index (χ4n) is 2.26. The van der Waals surface area contributed by atoms with Crippen molar-refractivity contribution in [2.24, 2.45) is 0 Å². The van der Waals surface area contributed by atoms with E-state index in [0.717, 1.165) is 7.14 Å². The summed E-state index contributed by atoms with van der Waals surface area (Å²) in [5.41, 5.74) is 1.17. The first-order chi connectivity index (χ1) is 11.5. The fourth-order valence-corrected chi connectivity index (χ4v) is 4.22. The van der Waals surface area contributed by atoms with Crippen molar-refractivity contribution in [3.05, 3.63) is 54.2 Å². The number of benzene rings is 2. The minimum absolute atomic E-state index is 0.213. The van der Waals surface area contributed by atoms with Crippen molar-refractivity contribution < 1.29 is 22.5 Å². The van der Waals surface area contributed by atoms with Crippen molar-refractivity contribution in [2.45, 2.75) is 31.6 Å². The zero-order valence-electron chi connectivity index (χ0n) is 13.7. The average Bonchev–Trinajstić information content (AvgIpc) is 2.49. The van der Waals surface area contributed by atoms with Crippen LogP contribution in [0.4, 0.5) is 0 Å². The van der Waals surface area contributed by atoms with E-state index >= 15 is 0 Å². The van der Waals surface area contributed by atoms with Gasteiger partial charge in [0.05, 0.1) is 10.5 Å². The van der Waals surface area contributed by atoms with E-state index in [1.807, 2.05) is 12.1 Å². The summed E-state index contributed by atoms with van der Waals surface area (Å²) in [5.74, 6) is -0.496. The predicted molar refractivity (Wildman–Crippen MR) is 110 cm³/mol. The zero-order chi connectivity index (χ0) is 18.9. The highest BCUT2D eigenvalue weighted by Gasteiger charge is 2.19. The van der Waals surface area contributed by atoms with Crippen LogP contribution in [0.2, 0.25) is 0 Å². The number of hydrogen-bond acceptors (Lipinski definition) is 5. The first-order valence-electron chi connectivity index (χ1n) is 7.28. The van der Waals surface area contributed by atoms with Crippen molar-refractivity contribution >= 4 is 61.3 Å². The summed E-state index contributed by atoms with van der Waals surface area (Å²) in [6, 6.07) is 8.15. The van der Waals surface area contributed by atoms with Gasteiger partial charge < -0.3 is 9.29 Å². The molecule has 0 radical (unpaired) electrons. The van der Waals surface area contributed by atoms with Crippen LogP contribution in [0.5, 0.6) is 5.75 Å². The topological polar surface area (TPSA) is 83.5 Å². The molecular weight excluding hydrogens is 570 g/mol. The number of aryl methyl sites for hydroxylation is 1. The fraction of sp³-hybridized carbons (Fsp3) is 0.235. The van der Waals surface area contributed by atoms with E-state index in [1.165, 1.54) is 12.1 Å². The van der Waals surface area contributed by atoms with Crippen molar-refractivity contribution in [3.8, 4) is 5.75 Å². The third-order valence-corrected chi connectivity index (χ3v) is 6.05. The quantitative estimate of drug-likeness (QED) is 0.229. The maximum atomic E-state index is 12.5. The van der Waals surface area contributed by atoms with E-state index in [0.29, 0.717) is 16.7 Å². The number of hydrogen-bond donors (Lipinski definition) is 0. The van der Waals surface area contributed by atoms with E-state index in [4.69, 9.17) is 4.74 Å². The van der Waals surface area contributed by atoms with Gasteiger partial charge in [0, 0.05) is 7.14 Å². The Balaban J connectivity index is 2.48. The molecule has 0 aromatic heterocycles. The van der Waals surface area contributed by atoms with Crippen LogP contribution in [-0.2, 0) is 10.1 Å². The Morgan fingerprint density at radius 1 is 1.16 bits per heavy atom. The largest absolute Gasteiger partial charge is 0.744 e. The molecule has 0 aliphatic heterocycles. The Labute approximate surface area is 174 Å². The second-order valence-electron chi connectivity index (χ2n) is 5.78. The van der Waals surface area contributed by atoms with Crippen molar-refractivity contribution in [2.75, 3.05) is 0 Å². The maximum absolute atomic E-state index is 12.5. The van der Waals surface area contributed by atoms with Crippen LogP contribution in [0.15, 0.2) is 35.2 Å². The third-order valence-electron chi connectivity index (χ3n) is 3.55. The molecule has 0 saturated heterocycles. The molecule has 2 aromatic carbocycles. The van der Waals surface area contributed by atoms with Crippen LogP contribution in [-0.4, -0.2) is 18.9 Å². The molecule has 0 heterocycles. The molecule has 0 saturated carbocycles. The number of carbonyl (C=O) groups excluding carboxylic acids is 1. The molecule has 0 aliphatic carbocycles. The molecule has 5 nitrogen and oxygen atoms in total. The lowest BCUT2D eigenvalue weighted by atomic mass is 10.0. The van der Waals surface area contributed by atoms with Crippen LogP contribution in [0, 0.1) is 14.1 Å². The lowest BCUT2D eigenvalue weighted by Crippen LogP contribution is -2.13. The smallest absolute Gasteiger partial charge is 0.344 e. The number of halogens is 2. The third kappa shape index (κ3) is 4.92. The van der Waals surface area contributed by atoms with E-state index in [1.54, 1.807) is 26.8 Å². The lowest BCUT2D eigenvalue weighted by molar-refractivity contribution is 0.0732. The Kier molecular flexibility index (Phi) is 6.50. The van der Waals surface area contributed by atoms with E-state index in [-0.39, 0.29) is 16.6 Å². The summed E-state index contributed by atoms with van der Waals surface area (Å²) in [4.78, 5) is 12.2. The highest BCUT2D eigenvalue weighted by Crippen LogP contribution is 2.31. The zero-order valence-corrected chi connectivity index (χ0v) is 18.8. The van der Waals surface area contributed by atoms with E-state index in [9.17, 15) is 17.8 Å². The summed E-state index contributed by atoms with van der Waals surface area (Å²) in [6.07, 6.45) is 0. The van der Waals surface area contributed by atoms with Gasteiger partial charge in [-0.15, -0.1) is 0 Å². The van der Waals surface area contributed by atoms with Gasteiger partial charge in [-0.05, 0) is 99.5 Å². The SMILES string of the molecule is Cc1cc(S(=O)(=O)[O-])c(C(C)C)cc1OC(=O)c1cc(I)ccc1I. The Morgan fingerprint density at radius 2 is 1.80 bits per heavy atom. The van der Waals surface area contributed by atoms with Gasteiger partial charge in [-0.25, -0.2) is 13.2 Å². The predicted octanol–water partition coefficient (Wildman–Crippen LogP) is 4.45. The lowest BCUT2D eigenvalue weighted by Gasteiger charge is -2.19. The Morgan fingerprint density at radius 3 is 2.36 bits per heavy atom. The van der Waals surface area contributed by atoms with Crippen molar-refractivity contribution in [3.63, 3.8) is 0 Å². The summed E-state index contributed by atoms with van der Waals surface area (Å²) in [6.45, 7) is 5.14. The van der Waals surface area contributed by atoms with Crippen LogP contribution in [0.1, 0.15) is 41.3 Å². The van der Waals surface area contributed by atoms with E-state index in [2.05, 4.69) is 45.2 Å². The molecule has 0 spiro atoms. The van der Waals surface area contributed by atoms with Gasteiger partial charge in [-0.2, -0.15) is 0 Å². The molecule has 2 aromatic rings. The maximum Gasteiger partial charge on any atom is 0.344 e. The average molecular weight is 585 g/mol.